The highest BCUT2D eigenvalue weighted by Gasteiger charge is 2.22. The number of nitrogens with zero attached hydrogens (tertiary/aromatic N) is 4. The standard InChI is InChI=1S/C90H144N10O6/c1-73(61-91-85(67-101)55-79-25-13-7-14-26-79)37-43-97(44-38-74(2)62-92-86(68-102)56-80-27-15-8-16-28-80)49-52-100(53-50-98(45-39-75(3)63-93-87(69-103)57-81-29-17-9-18-30-81)46-40-76(4)64-94-88(70-104)58-82-31-19-10-20-32-82)54-51-99(47-41-77(5)65-95-89(71-105)59-83-33-21-11-22-34-83)48-42-78(6)66-96-90(72-106)60-84-35-23-12-24-36-84/h7-36,73-78,85-96,101-106H,37-72H2,1-6H3/t73?,74?,75?,76?,77?,78?,85-,86-,87-,88-,89-,90-/m0/s1. The fourth-order valence-electron chi connectivity index (χ4n) is 14.0. The first kappa shape index (κ1) is 89.6. The topological polar surface area (TPSA) is 207 Å². The SMILES string of the molecule is CC(CCN(CCC(C)CN[C@H](CO)Cc1ccccc1)CCN(CCN(CCC(C)CN[C@H](CO)Cc1ccccc1)CCC(C)CN[C@H](CO)Cc1ccccc1)CCN(CCC(C)CN[C@H](CO)Cc1ccccc1)CCC(C)CN[C@H](CO)Cc1ccccc1)CN[C@H](CO)Cc1ccccc1. The summed E-state index contributed by atoms with van der Waals surface area (Å²) in [5.74, 6) is 2.37. The third-order valence-electron chi connectivity index (χ3n) is 21.6. The molecule has 0 aromatic heterocycles. The molecule has 0 spiro atoms. The fraction of sp³-hybridized carbons (Fsp3) is 0.600. The van der Waals surface area contributed by atoms with Crippen LogP contribution >= 0.6 is 0 Å². The lowest BCUT2D eigenvalue weighted by atomic mass is 10.0. The first-order valence-corrected chi connectivity index (χ1v) is 40.9. The summed E-state index contributed by atoms with van der Waals surface area (Å²) < 4.78 is 0. The van der Waals surface area contributed by atoms with Crippen LogP contribution in [0.1, 0.15) is 113 Å². The van der Waals surface area contributed by atoms with E-state index in [0.717, 1.165) is 195 Å². The molecule has 12 atom stereocenters. The normalized spacial score (nSPS) is 15.5. The molecule has 0 aliphatic rings. The molecule has 0 bridgehead atoms. The Hall–Kier alpha value is -5.32. The van der Waals surface area contributed by atoms with Crippen LogP contribution in [-0.2, 0) is 38.5 Å². The van der Waals surface area contributed by atoms with Crippen molar-refractivity contribution in [2.75, 3.05) is 157 Å². The van der Waals surface area contributed by atoms with Gasteiger partial charge in [0.05, 0.1) is 39.6 Å². The molecule has 6 unspecified atom stereocenters. The minimum absolute atomic E-state index is 0.00895. The Morgan fingerprint density at radius 2 is 0.340 bits per heavy atom. The van der Waals surface area contributed by atoms with Gasteiger partial charge in [-0.3, -0.25) is 4.90 Å². The fourth-order valence-corrected chi connectivity index (χ4v) is 14.0. The van der Waals surface area contributed by atoms with Gasteiger partial charge in [-0.2, -0.15) is 0 Å². The van der Waals surface area contributed by atoms with Gasteiger partial charge in [0.1, 0.15) is 0 Å². The van der Waals surface area contributed by atoms with Crippen LogP contribution in [0.4, 0.5) is 0 Å². The minimum Gasteiger partial charge on any atom is -0.395 e. The maximum absolute atomic E-state index is 10.5. The molecule has 6 aromatic rings. The third-order valence-corrected chi connectivity index (χ3v) is 21.6. The smallest absolute Gasteiger partial charge is 0.0587 e. The molecular weight excluding hydrogens is 1320 g/mol. The first-order chi connectivity index (χ1) is 51.7. The molecule has 106 heavy (non-hydrogen) atoms. The van der Waals surface area contributed by atoms with Gasteiger partial charge in [0.2, 0.25) is 0 Å². The maximum Gasteiger partial charge on any atom is 0.0587 e. The van der Waals surface area contributed by atoms with Gasteiger partial charge in [-0.05, 0) is 224 Å². The monoisotopic (exact) mass is 1460 g/mol. The molecule has 0 amide bonds. The van der Waals surface area contributed by atoms with E-state index in [2.05, 4.69) is 239 Å². The van der Waals surface area contributed by atoms with Crippen molar-refractivity contribution in [3.8, 4) is 0 Å². The lowest BCUT2D eigenvalue weighted by Gasteiger charge is -2.34. The molecule has 0 saturated heterocycles. The van der Waals surface area contributed by atoms with E-state index in [1.165, 1.54) is 33.4 Å². The van der Waals surface area contributed by atoms with Gasteiger partial charge in [0.25, 0.3) is 0 Å². The first-order valence-electron chi connectivity index (χ1n) is 40.9. The molecule has 16 nitrogen and oxygen atoms in total. The van der Waals surface area contributed by atoms with Gasteiger partial charge in [0, 0.05) is 75.5 Å². The zero-order chi connectivity index (χ0) is 75.6. The van der Waals surface area contributed by atoms with E-state index in [1.807, 2.05) is 36.4 Å². The molecular formula is C90H144N10O6. The van der Waals surface area contributed by atoms with Crippen molar-refractivity contribution in [1.82, 2.24) is 51.5 Å². The van der Waals surface area contributed by atoms with Gasteiger partial charge < -0.3 is 77.2 Å². The molecule has 590 valence electrons. The summed E-state index contributed by atoms with van der Waals surface area (Å²) in [6, 6.07) is 62.8. The van der Waals surface area contributed by atoms with Crippen molar-refractivity contribution < 1.29 is 30.6 Å². The Balaban J connectivity index is 1.24. The number of benzene rings is 6. The number of aliphatic hydroxyl groups is 6. The van der Waals surface area contributed by atoms with E-state index in [9.17, 15) is 30.6 Å². The van der Waals surface area contributed by atoms with Crippen LogP contribution in [0.25, 0.3) is 0 Å². The molecule has 12 N–H and O–H groups in total. The summed E-state index contributed by atoms with van der Waals surface area (Å²) in [6.45, 7) is 31.0. The molecule has 0 heterocycles. The van der Waals surface area contributed by atoms with Gasteiger partial charge >= 0.3 is 0 Å². The van der Waals surface area contributed by atoms with E-state index in [1.54, 1.807) is 0 Å². The summed E-state index contributed by atoms with van der Waals surface area (Å²) in [6.07, 6.45) is 10.9. The predicted octanol–water partition coefficient (Wildman–Crippen LogP) is 9.51. The van der Waals surface area contributed by atoms with Crippen LogP contribution in [0, 0.1) is 35.5 Å². The van der Waals surface area contributed by atoms with E-state index in [4.69, 9.17) is 0 Å². The van der Waals surface area contributed by atoms with Gasteiger partial charge in [0.15, 0.2) is 0 Å². The van der Waals surface area contributed by atoms with Crippen LogP contribution in [0.5, 0.6) is 0 Å². The molecule has 0 radical (unpaired) electrons. The third kappa shape index (κ3) is 39.9. The van der Waals surface area contributed by atoms with Crippen molar-refractivity contribution in [2.45, 2.75) is 155 Å². The lowest BCUT2D eigenvalue weighted by molar-refractivity contribution is 0.140. The van der Waals surface area contributed by atoms with Gasteiger partial charge in [-0.25, -0.2) is 0 Å². The van der Waals surface area contributed by atoms with Crippen LogP contribution in [0.15, 0.2) is 182 Å². The summed E-state index contributed by atoms with van der Waals surface area (Å²) in [5, 5.41) is 85.6. The molecule has 0 aliphatic heterocycles. The van der Waals surface area contributed by atoms with Crippen LogP contribution in [0.2, 0.25) is 0 Å². The zero-order valence-electron chi connectivity index (χ0n) is 66.2. The summed E-state index contributed by atoms with van der Waals surface area (Å²) in [4.78, 5) is 11.0. The quantitative estimate of drug-likeness (QED) is 0.0172. The van der Waals surface area contributed by atoms with E-state index < -0.39 is 0 Å². The summed E-state index contributed by atoms with van der Waals surface area (Å²) >= 11 is 0. The number of aliphatic hydroxyl groups excluding tert-OH is 6. The molecule has 6 rings (SSSR count). The zero-order valence-corrected chi connectivity index (χ0v) is 66.2. The second-order valence-corrected chi connectivity index (χ2v) is 31.6. The average molecular weight is 1460 g/mol. The Labute approximate surface area is 642 Å². The van der Waals surface area contributed by atoms with Crippen LogP contribution < -0.4 is 31.9 Å². The van der Waals surface area contributed by atoms with Crippen molar-refractivity contribution in [1.29, 1.82) is 0 Å². The number of rotatable bonds is 63. The lowest BCUT2D eigenvalue weighted by Crippen LogP contribution is -2.45. The summed E-state index contributed by atoms with van der Waals surface area (Å²) in [5.41, 5.74) is 7.35. The number of nitrogens with one attached hydrogen (secondary N) is 6. The molecule has 16 heteroatoms. The van der Waals surface area contributed by atoms with Gasteiger partial charge in [-0.1, -0.05) is 224 Å². The van der Waals surface area contributed by atoms with Crippen molar-refractivity contribution in [2.24, 2.45) is 35.5 Å². The average Bonchev–Trinajstić information content (AvgIpc) is 0.959. The number of hydrogen-bond acceptors (Lipinski definition) is 16. The highest BCUT2D eigenvalue weighted by Crippen LogP contribution is 2.17. The summed E-state index contributed by atoms with van der Waals surface area (Å²) in [7, 11) is 0. The van der Waals surface area contributed by atoms with Crippen molar-refractivity contribution in [3.05, 3.63) is 215 Å². The Bertz CT molecular complexity index is 2500. The second-order valence-electron chi connectivity index (χ2n) is 31.6. The molecule has 0 fully saturated rings. The van der Waals surface area contributed by atoms with Gasteiger partial charge in [-0.15, -0.1) is 0 Å². The Morgan fingerprint density at radius 1 is 0.208 bits per heavy atom. The van der Waals surface area contributed by atoms with E-state index in [-0.39, 0.29) is 75.9 Å². The van der Waals surface area contributed by atoms with Crippen molar-refractivity contribution in [3.63, 3.8) is 0 Å². The minimum atomic E-state index is -0.00895. The van der Waals surface area contributed by atoms with Crippen LogP contribution in [0.3, 0.4) is 0 Å². The Kier molecular flexibility index (Phi) is 46.6. The highest BCUT2D eigenvalue weighted by atomic mass is 16.3. The predicted molar refractivity (Wildman–Crippen MR) is 443 cm³/mol. The molecule has 0 aliphatic carbocycles. The highest BCUT2D eigenvalue weighted by molar-refractivity contribution is 5.20. The second kappa shape index (κ2) is 55.1. The molecule has 6 aromatic carbocycles. The van der Waals surface area contributed by atoms with E-state index >= 15 is 0 Å². The largest absolute Gasteiger partial charge is 0.395 e. The van der Waals surface area contributed by atoms with Crippen molar-refractivity contribution >= 4 is 0 Å². The maximum atomic E-state index is 10.5. The Morgan fingerprint density at radius 3 is 0.472 bits per heavy atom. The molecule has 0 saturated carbocycles. The number of hydrogen-bond donors (Lipinski definition) is 12. The van der Waals surface area contributed by atoms with Crippen LogP contribution in [-0.4, -0.2) is 244 Å². The van der Waals surface area contributed by atoms with E-state index in [0.29, 0.717) is 35.5 Å².